The van der Waals surface area contributed by atoms with Crippen LogP contribution in [-0.2, 0) is 9.53 Å². The van der Waals surface area contributed by atoms with Gasteiger partial charge in [-0.2, -0.15) is 0 Å². The fourth-order valence-corrected chi connectivity index (χ4v) is 4.80. The van der Waals surface area contributed by atoms with Gasteiger partial charge in [0.15, 0.2) is 0 Å². The minimum atomic E-state index is -1.30. The number of rotatable bonds is 9. The number of nitrogens with one attached hydrogen (secondary N) is 1. The second-order valence-electron chi connectivity index (χ2n) is 9.73. The largest absolute Gasteiger partial charge is 0.480 e. The van der Waals surface area contributed by atoms with Crippen molar-refractivity contribution < 1.29 is 23.9 Å². The number of carboxylic acid groups (broad SMARTS) is 1. The van der Waals surface area contributed by atoms with Crippen LogP contribution in [0.5, 0.6) is 0 Å². The number of hydrogen-bond acceptors (Lipinski definition) is 4. The molecule has 0 unspecified atom stereocenters. The monoisotopic (exact) mass is 452 g/mol. The average molecular weight is 453 g/mol. The molecule has 33 heavy (non-hydrogen) atoms. The number of azide groups is 1. The van der Waals surface area contributed by atoms with Gasteiger partial charge < -0.3 is 19.6 Å². The quantitative estimate of drug-likeness (QED) is 0.258. The summed E-state index contributed by atoms with van der Waals surface area (Å²) in [7, 11) is 5.71. The number of carboxylic acids is 1. The highest BCUT2D eigenvalue weighted by Crippen LogP contribution is 2.44. The molecule has 0 aromatic heterocycles. The first-order chi connectivity index (χ1) is 15.6. The first-order valence-electron chi connectivity index (χ1n) is 10.7. The van der Waals surface area contributed by atoms with Gasteiger partial charge in [0, 0.05) is 17.4 Å². The van der Waals surface area contributed by atoms with Crippen molar-refractivity contribution >= 4 is 12.1 Å². The van der Waals surface area contributed by atoms with E-state index in [1.54, 1.807) is 6.92 Å². The lowest BCUT2D eigenvalue weighted by Crippen LogP contribution is -2.59. The van der Waals surface area contributed by atoms with Gasteiger partial charge in [0.05, 0.1) is 33.1 Å². The Balaban J connectivity index is 1.77. The summed E-state index contributed by atoms with van der Waals surface area (Å²) in [6.45, 7) is 2.04. The molecule has 3 rings (SSSR count). The van der Waals surface area contributed by atoms with Crippen molar-refractivity contribution in [3.63, 3.8) is 0 Å². The van der Waals surface area contributed by atoms with Gasteiger partial charge in [-0.1, -0.05) is 60.6 Å². The Bertz CT molecular complexity index is 1040. The zero-order valence-electron chi connectivity index (χ0n) is 19.4. The molecule has 1 aliphatic rings. The van der Waals surface area contributed by atoms with Gasteiger partial charge in [0.2, 0.25) is 0 Å². The van der Waals surface area contributed by atoms with Crippen molar-refractivity contribution in [1.29, 1.82) is 0 Å². The first-order valence-corrected chi connectivity index (χ1v) is 10.7. The molecule has 2 N–H and O–H groups in total. The summed E-state index contributed by atoms with van der Waals surface area (Å²) in [4.78, 5) is 27.6. The van der Waals surface area contributed by atoms with Crippen molar-refractivity contribution in [2.45, 2.75) is 18.9 Å². The molecule has 0 heterocycles. The van der Waals surface area contributed by atoms with E-state index in [2.05, 4.69) is 15.3 Å². The van der Waals surface area contributed by atoms with E-state index in [1.807, 2.05) is 69.7 Å². The average Bonchev–Trinajstić information content (AvgIpc) is 3.07. The molecule has 0 fully saturated rings. The van der Waals surface area contributed by atoms with Gasteiger partial charge in [0.25, 0.3) is 0 Å². The van der Waals surface area contributed by atoms with Crippen molar-refractivity contribution in [2.24, 2.45) is 10.5 Å². The Labute approximate surface area is 193 Å². The molecule has 1 amide bonds. The number of amides is 1. The van der Waals surface area contributed by atoms with Crippen LogP contribution in [0, 0.1) is 5.41 Å². The summed E-state index contributed by atoms with van der Waals surface area (Å²) < 4.78 is 5.95. The van der Waals surface area contributed by atoms with E-state index < -0.39 is 23.5 Å². The summed E-state index contributed by atoms with van der Waals surface area (Å²) in [6.07, 6.45) is -0.821. The fraction of sp³-hybridized carbons (Fsp3) is 0.417. The molecule has 2 aromatic carbocycles. The Kier molecular flexibility index (Phi) is 6.95. The lowest BCUT2D eigenvalue weighted by atomic mass is 9.81. The summed E-state index contributed by atoms with van der Waals surface area (Å²) in [5.41, 5.74) is 12.1. The number of ether oxygens (including phenoxy) is 1. The maximum Gasteiger partial charge on any atom is 0.407 e. The van der Waals surface area contributed by atoms with Crippen molar-refractivity contribution in [3.8, 4) is 11.1 Å². The van der Waals surface area contributed by atoms with Crippen LogP contribution in [0.25, 0.3) is 21.6 Å². The Morgan fingerprint density at radius 3 is 2.18 bits per heavy atom. The number of carbonyl (C=O) groups is 2. The second-order valence-corrected chi connectivity index (χ2v) is 9.73. The van der Waals surface area contributed by atoms with E-state index in [0.717, 1.165) is 22.3 Å². The lowest BCUT2D eigenvalue weighted by Gasteiger charge is -2.39. The Morgan fingerprint density at radius 2 is 1.70 bits per heavy atom. The van der Waals surface area contributed by atoms with E-state index in [-0.39, 0.29) is 19.1 Å². The van der Waals surface area contributed by atoms with Gasteiger partial charge in [-0.15, -0.1) is 0 Å². The number of carbonyl (C=O) groups excluding carboxylic acids is 1. The van der Waals surface area contributed by atoms with Crippen LogP contribution in [0.4, 0.5) is 4.79 Å². The molecule has 9 nitrogen and oxygen atoms in total. The van der Waals surface area contributed by atoms with E-state index >= 15 is 0 Å². The fourth-order valence-electron chi connectivity index (χ4n) is 4.80. The highest BCUT2D eigenvalue weighted by Gasteiger charge is 2.44. The number of quaternary nitrogens is 1. The third kappa shape index (κ3) is 5.45. The van der Waals surface area contributed by atoms with Gasteiger partial charge in [0.1, 0.15) is 12.6 Å². The Morgan fingerprint density at radius 1 is 1.15 bits per heavy atom. The second kappa shape index (κ2) is 9.52. The summed E-state index contributed by atoms with van der Waals surface area (Å²) >= 11 is 0. The predicted molar refractivity (Wildman–Crippen MR) is 125 cm³/mol. The minimum Gasteiger partial charge on any atom is -0.480 e. The number of benzene rings is 2. The van der Waals surface area contributed by atoms with E-state index in [9.17, 15) is 14.7 Å². The molecule has 0 saturated carbocycles. The smallest absolute Gasteiger partial charge is 0.407 e. The summed E-state index contributed by atoms with van der Waals surface area (Å²) in [5.74, 6) is -1.35. The maximum atomic E-state index is 12.7. The van der Waals surface area contributed by atoms with Crippen LogP contribution in [0.2, 0.25) is 0 Å². The minimum absolute atomic E-state index is 0.0780. The van der Waals surface area contributed by atoms with Crippen molar-refractivity contribution in [1.82, 2.24) is 5.32 Å². The van der Waals surface area contributed by atoms with Gasteiger partial charge >= 0.3 is 12.1 Å². The highest BCUT2D eigenvalue weighted by atomic mass is 16.5. The van der Waals surface area contributed by atoms with Crippen LogP contribution in [0.3, 0.4) is 0 Å². The molecule has 2 atom stereocenters. The van der Waals surface area contributed by atoms with Crippen LogP contribution in [0.1, 0.15) is 24.0 Å². The van der Waals surface area contributed by atoms with E-state index in [0.29, 0.717) is 11.0 Å². The zero-order valence-corrected chi connectivity index (χ0v) is 19.4. The predicted octanol–water partition coefficient (Wildman–Crippen LogP) is 4.00. The van der Waals surface area contributed by atoms with Crippen molar-refractivity contribution in [2.75, 3.05) is 40.8 Å². The summed E-state index contributed by atoms with van der Waals surface area (Å²) in [5, 5.41) is 16.0. The summed E-state index contributed by atoms with van der Waals surface area (Å²) in [6, 6.07) is 14.7. The maximum absolute atomic E-state index is 12.7. The van der Waals surface area contributed by atoms with Crippen LogP contribution < -0.4 is 5.32 Å². The Hall–Kier alpha value is -3.55. The molecule has 2 aromatic rings. The normalized spacial score (nSPS) is 15.4. The number of nitrogens with zero attached hydrogens (tertiary/aromatic N) is 4. The number of fused-ring (bicyclic) bond motifs is 3. The van der Waals surface area contributed by atoms with Crippen LogP contribution >= 0.6 is 0 Å². The van der Waals surface area contributed by atoms with Gasteiger partial charge in [-0.3, -0.25) is 0 Å². The molecule has 9 heteroatoms. The topological polar surface area (TPSA) is 124 Å². The first kappa shape index (κ1) is 24.1. The molecule has 174 valence electrons. The molecule has 0 spiro atoms. The number of aliphatic carboxylic acids is 1. The van der Waals surface area contributed by atoms with Crippen LogP contribution in [0.15, 0.2) is 53.6 Å². The molecule has 0 aliphatic heterocycles. The van der Waals surface area contributed by atoms with Crippen LogP contribution in [-0.4, -0.2) is 68.5 Å². The molecule has 1 aliphatic carbocycles. The molecular weight excluding hydrogens is 422 g/mol. The van der Waals surface area contributed by atoms with Gasteiger partial charge in [-0.25, -0.2) is 9.59 Å². The molecular formula is C24H30N5O4+. The molecule has 0 radical (unpaired) electrons. The standard InChI is InChI=1S/C24H29N5O4/c1-24(14-26-28-25,15-29(2,3)4)21(22(30)31)27-23(32)33-13-20-18-11-7-5-9-16(18)17-10-6-8-12-19(17)20/h5-12,20-21H,13-15H2,1-4H3,(H-,27,30,31,32)/p+1/t21-,24-/m0/s1. The van der Waals surface area contributed by atoms with E-state index in [4.69, 9.17) is 10.3 Å². The molecule has 0 bridgehead atoms. The molecule has 0 saturated heterocycles. The van der Waals surface area contributed by atoms with E-state index in [1.165, 1.54) is 0 Å². The van der Waals surface area contributed by atoms with Gasteiger partial charge in [-0.05, 0) is 27.8 Å². The lowest BCUT2D eigenvalue weighted by molar-refractivity contribution is -0.877. The number of alkyl carbamates (subject to hydrolysis) is 1. The third-order valence-corrected chi connectivity index (χ3v) is 5.88. The van der Waals surface area contributed by atoms with Crippen molar-refractivity contribution in [3.05, 3.63) is 70.1 Å². The zero-order chi connectivity index (χ0) is 24.2. The highest BCUT2D eigenvalue weighted by molar-refractivity contribution is 5.81. The number of hydrogen-bond donors (Lipinski definition) is 2. The third-order valence-electron chi connectivity index (χ3n) is 5.88. The SMILES string of the molecule is C[C@](CN=[N+]=[N-])(C[N+](C)(C)C)[C@@H](NC(=O)OCC1c2ccccc2-c2ccccc21)C(=O)O.